The molecule has 1 heterocycles. The number of nitrogen functional groups attached to an aromatic ring is 1. The molecule has 0 unspecified atom stereocenters. The van der Waals surface area contributed by atoms with Crippen molar-refractivity contribution in [2.75, 3.05) is 5.73 Å². The van der Waals surface area contributed by atoms with Gasteiger partial charge in [0.15, 0.2) is 0 Å². The van der Waals surface area contributed by atoms with E-state index in [1.54, 1.807) is 6.92 Å². The van der Waals surface area contributed by atoms with Gasteiger partial charge in [-0.15, -0.1) is 0 Å². The second-order valence-corrected chi connectivity index (χ2v) is 6.05. The molecule has 2 N–H and O–H groups in total. The quantitative estimate of drug-likeness (QED) is 0.834. The topological polar surface area (TPSA) is 95.1 Å². The van der Waals surface area contributed by atoms with E-state index in [-0.39, 0.29) is 11.4 Å². The zero-order chi connectivity index (χ0) is 12.5. The van der Waals surface area contributed by atoms with Crippen LogP contribution in [0.1, 0.15) is 31.3 Å². The highest BCUT2D eigenvalue weighted by molar-refractivity contribution is 8.07. The number of rotatable bonds is 3. The third-order valence-corrected chi connectivity index (χ3v) is 4.19. The molecule has 1 aromatic rings. The van der Waals surface area contributed by atoms with Gasteiger partial charge in [-0.25, -0.2) is 8.42 Å². The predicted molar refractivity (Wildman–Crippen MR) is 60.7 cm³/mol. The van der Waals surface area contributed by atoms with Crippen LogP contribution in [0.15, 0.2) is 6.20 Å². The summed E-state index contributed by atoms with van der Waals surface area (Å²) < 4.78 is 24.7. The monoisotopic (exact) mass is 245 g/mol. The molecule has 0 aliphatic heterocycles. The fourth-order valence-electron chi connectivity index (χ4n) is 1.21. The molecule has 7 heteroatoms. The smallest absolute Gasteiger partial charge is 0.296 e. The molecule has 0 radical (unpaired) electrons. The van der Waals surface area contributed by atoms with Crippen LogP contribution in [0.2, 0.25) is 0 Å². The summed E-state index contributed by atoms with van der Waals surface area (Å²) in [5, 5.41) is 2.11. The van der Waals surface area contributed by atoms with Crippen molar-refractivity contribution >= 4 is 20.6 Å². The molecule has 0 spiro atoms. The van der Waals surface area contributed by atoms with Crippen LogP contribution in [0.25, 0.3) is 0 Å². The number of hydrogen-bond acceptors (Lipinski definition) is 5. The maximum atomic E-state index is 11.8. The summed E-state index contributed by atoms with van der Waals surface area (Å²) in [6.07, 6.45) is 1.28. The van der Waals surface area contributed by atoms with Crippen LogP contribution in [0.4, 0.5) is 5.69 Å². The zero-order valence-electron chi connectivity index (χ0n) is 9.47. The number of carbonyl (C=O) groups excluding carboxylic acids is 1. The van der Waals surface area contributed by atoms with Crippen LogP contribution in [0.3, 0.4) is 0 Å². The molecule has 0 saturated carbocycles. The van der Waals surface area contributed by atoms with Gasteiger partial charge >= 0.3 is 0 Å². The van der Waals surface area contributed by atoms with Crippen molar-refractivity contribution in [3.8, 4) is 0 Å². The number of nitrogens with two attached hydrogens (primary N) is 1. The van der Waals surface area contributed by atoms with Crippen molar-refractivity contribution in [1.29, 1.82) is 0 Å². The number of sulfone groups is 1. The van der Waals surface area contributed by atoms with Crippen molar-refractivity contribution in [3.63, 3.8) is 0 Å². The van der Waals surface area contributed by atoms with E-state index in [1.165, 1.54) is 24.7 Å². The van der Waals surface area contributed by atoms with E-state index in [0.29, 0.717) is 6.54 Å². The summed E-state index contributed by atoms with van der Waals surface area (Å²) >= 11 is 0. The van der Waals surface area contributed by atoms with E-state index >= 15 is 0 Å². The number of aromatic nitrogens is 2. The summed E-state index contributed by atoms with van der Waals surface area (Å²) in [6, 6.07) is 0. The Labute approximate surface area is 94.4 Å². The van der Waals surface area contributed by atoms with Crippen molar-refractivity contribution in [3.05, 3.63) is 11.9 Å². The van der Waals surface area contributed by atoms with Crippen LogP contribution in [0, 0.1) is 0 Å². The number of carbonyl (C=O) groups is 1. The molecule has 1 aromatic heterocycles. The summed E-state index contributed by atoms with van der Waals surface area (Å²) in [7, 11) is -3.83. The lowest BCUT2D eigenvalue weighted by Crippen LogP contribution is -2.27. The van der Waals surface area contributed by atoms with Gasteiger partial charge in [0.25, 0.3) is 5.12 Å². The third kappa shape index (κ3) is 1.95. The lowest BCUT2D eigenvalue weighted by atomic mass is 10.4. The average molecular weight is 245 g/mol. The minimum absolute atomic E-state index is 0.0452. The van der Waals surface area contributed by atoms with Crippen LogP contribution >= 0.6 is 0 Å². The van der Waals surface area contributed by atoms with Gasteiger partial charge in [0.1, 0.15) is 5.69 Å². The molecule has 0 saturated heterocycles. The summed E-state index contributed by atoms with van der Waals surface area (Å²) in [6.45, 7) is 5.06. The van der Waals surface area contributed by atoms with Crippen LogP contribution in [0.5, 0.6) is 0 Å². The van der Waals surface area contributed by atoms with Gasteiger partial charge in [0.05, 0.1) is 17.1 Å². The molecule has 6 nitrogen and oxygen atoms in total. The molecular formula is C9H15N3O3S. The molecule has 0 fully saturated rings. The minimum Gasteiger partial charge on any atom is -0.396 e. The molecule has 16 heavy (non-hydrogen) atoms. The predicted octanol–water partition coefficient (Wildman–Crippen LogP) is 0.449. The molecule has 90 valence electrons. The number of nitrogens with zero attached hydrogens (tertiary/aromatic N) is 2. The Hall–Kier alpha value is -1.37. The van der Waals surface area contributed by atoms with Crippen molar-refractivity contribution in [2.24, 2.45) is 0 Å². The van der Waals surface area contributed by atoms with Crippen LogP contribution in [-0.4, -0.2) is 28.6 Å². The van der Waals surface area contributed by atoms with E-state index in [4.69, 9.17) is 5.73 Å². The second-order valence-electron chi connectivity index (χ2n) is 3.65. The van der Waals surface area contributed by atoms with Crippen molar-refractivity contribution in [1.82, 2.24) is 9.78 Å². The van der Waals surface area contributed by atoms with Gasteiger partial charge < -0.3 is 5.73 Å². The van der Waals surface area contributed by atoms with E-state index < -0.39 is 20.2 Å². The Morgan fingerprint density at radius 2 is 2.12 bits per heavy atom. The highest BCUT2D eigenvalue weighted by Crippen LogP contribution is 2.17. The largest absolute Gasteiger partial charge is 0.396 e. The fourth-order valence-corrected chi connectivity index (χ4v) is 2.13. The Morgan fingerprint density at radius 3 is 2.56 bits per heavy atom. The first-order chi connectivity index (χ1) is 7.32. The van der Waals surface area contributed by atoms with Gasteiger partial charge in [-0.05, 0) is 20.8 Å². The second kappa shape index (κ2) is 4.25. The number of anilines is 1. The molecule has 0 bridgehead atoms. The number of hydrogen-bond donors (Lipinski definition) is 1. The third-order valence-electron chi connectivity index (χ3n) is 2.24. The van der Waals surface area contributed by atoms with Gasteiger partial charge in [-0.1, -0.05) is 0 Å². The fraction of sp³-hybridized carbons (Fsp3) is 0.556. The lowest BCUT2D eigenvalue weighted by Gasteiger charge is -2.08. The van der Waals surface area contributed by atoms with Crippen molar-refractivity contribution in [2.45, 2.75) is 32.6 Å². The van der Waals surface area contributed by atoms with Gasteiger partial charge in [0.2, 0.25) is 9.84 Å². The molecule has 0 aliphatic rings. The van der Waals surface area contributed by atoms with E-state index in [2.05, 4.69) is 5.10 Å². The molecule has 1 rings (SSSR count). The highest BCUT2D eigenvalue weighted by atomic mass is 32.2. The standard InChI is InChI=1S/C9H15N3O3S/c1-4-12-8(7(10)5-11-12)9(13)16(14,15)6(2)3/h5-6H,4,10H2,1-3H3. The highest BCUT2D eigenvalue weighted by Gasteiger charge is 2.31. The molecule has 0 amide bonds. The van der Waals surface area contributed by atoms with E-state index in [9.17, 15) is 13.2 Å². The normalized spacial score (nSPS) is 12.0. The van der Waals surface area contributed by atoms with Gasteiger partial charge in [0, 0.05) is 6.54 Å². The zero-order valence-corrected chi connectivity index (χ0v) is 10.3. The minimum atomic E-state index is -3.83. The first-order valence-corrected chi connectivity index (χ1v) is 6.46. The van der Waals surface area contributed by atoms with E-state index in [0.717, 1.165) is 0 Å². The Morgan fingerprint density at radius 1 is 1.56 bits per heavy atom. The maximum Gasteiger partial charge on any atom is 0.296 e. The lowest BCUT2D eigenvalue weighted by molar-refractivity contribution is 0.106. The molecule has 0 atom stereocenters. The SMILES string of the molecule is CCn1ncc(N)c1C(=O)S(=O)(=O)C(C)C. The van der Waals surface area contributed by atoms with Gasteiger partial charge in [-0.2, -0.15) is 5.10 Å². The average Bonchev–Trinajstić information content (AvgIpc) is 2.57. The van der Waals surface area contributed by atoms with Crippen LogP contribution < -0.4 is 5.73 Å². The summed E-state index contributed by atoms with van der Waals surface area (Å²) in [5.41, 5.74) is 5.59. The molecule has 0 aromatic carbocycles. The summed E-state index contributed by atoms with van der Waals surface area (Å²) in [4.78, 5) is 11.8. The van der Waals surface area contributed by atoms with Gasteiger partial charge in [-0.3, -0.25) is 9.48 Å². The first kappa shape index (κ1) is 12.7. The summed E-state index contributed by atoms with van der Waals surface area (Å²) in [5.74, 6) is 0. The van der Waals surface area contributed by atoms with E-state index in [1.807, 2.05) is 0 Å². The first-order valence-electron chi connectivity index (χ1n) is 4.91. The number of aryl methyl sites for hydroxylation is 1. The Bertz CT molecular complexity index is 502. The van der Waals surface area contributed by atoms with Crippen LogP contribution in [-0.2, 0) is 16.4 Å². The molecular weight excluding hydrogens is 230 g/mol. The Balaban J connectivity index is 3.30. The van der Waals surface area contributed by atoms with Crippen molar-refractivity contribution < 1.29 is 13.2 Å². The maximum absolute atomic E-state index is 11.8. The molecule has 0 aliphatic carbocycles. The Kier molecular flexibility index (Phi) is 3.37.